The van der Waals surface area contributed by atoms with Gasteiger partial charge in [0.15, 0.2) is 0 Å². The van der Waals surface area contributed by atoms with Crippen molar-refractivity contribution in [3.63, 3.8) is 0 Å². The molecule has 94 valence electrons. The van der Waals surface area contributed by atoms with Crippen LogP contribution >= 0.6 is 0 Å². The highest BCUT2D eigenvalue weighted by Gasteiger charge is 2.15. The Morgan fingerprint density at radius 1 is 1.31 bits per heavy atom. The van der Waals surface area contributed by atoms with E-state index in [0.29, 0.717) is 17.9 Å². The number of guanidine groups is 1. The smallest absolute Gasteiger partial charge is 0.205 e. The average Bonchev–Trinajstić information content (AvgIpc) is 2.76. The van der Waals surface area contributed by atoms with Gasteiger partial charge in [0, 0.05) is 12.6 Å². The molecule has 0 radical (unpaired) electrons. The van der Waals surface area contributed by atoms with Crippen LogP contribution in [0.25, 0.3) is 0 Å². The molecule has 1 unspecified atom stereocenters. The molecule has 4 N–H and O–H groups in total. The van der Waals surface area contributed by atoms with Gasteiger partial charge in [0.2, 0.25) is 5.96 Å². The highest BCUT2D eigenvalue weighted by Crippen LogP contribution is 2.17. The van der Waals surface area contributed by atoms with Crippen LogP contribution < -0.4 is 16.6 Å². The molecule has 1 saturated carbocycles. The van der Waals surface area contributed by atoms with Crippen LogP contribution in [0, 0.1) is 11.8 Å². The summed E-state index contributed by atoms with van der Waals surface area (Å²) in [7, 11) is 0. The minimum atomic E-state index is 0.559. The van der Waals surface area contributed by atoms with E-state index < -0.39 is 0 Å². The third kappa shape index (κ3) is 4.39. The normalized spacial score (nSPS) is 20.2. The monoisotopic (exact) mass is 226 g/mol. The Balaban J connectivity index is 2.36. The van der Waals surface area contributed by atoms with Crippen molar-refractivity contribution in [2.45, 2.75) is 52.5 Å². The van der Waals surface area contributed by atoms with Crippen LogP contribution in [0.4, 0.5) is 0 Å². The summed E-state index contributed by atoms with van der Waals surface area (Å²) in [6, 6.07) is 0.559. The van der Waals surface area contributed by atoms with E-state index in [1.165, 1.54) is 25.7 Å². The molecule has 1 rings (SSSR count). The number of hydrogen-bond donors (Lipinski definition) is 3. The maximum absolute atomic E-state index is 5.47. The molecule has 0 aliphatic heterocycles. The molecule has 0 heterocycles. The van der Waals surface area contributed by atoms with Gasteiger partial charge in [-0.3, -0.25) is 10.4 Å². The molecular formula is C12H26N4. The molecule has 0 spiro atoms. The Kier molecular flexibility index (Phi) is 5.60. The Labute approximate surface area is 99.1 Å². The molecule has 0 aromatic carbocycles. The molecular weight excluding hydrogens is 200 g/mol. The summed E-state index contributed by atoms with van der Waals surface area (Å²) in [6.07, 6.45) is 5.11. The van der Waals surface area contributed by atoms with E-state index >= 15 is 0 Å². The lowest BCUT2D eigenvalue weighted by atomic mass is 9.99. The number of aliphatic imine (C=N–C) groups is 1. The highest BCUT2D eigenvalue weighted by molar-refractivity contribution is 5.79. The summed E-state index contributed by atoms with van der Waals surface area (Å²) in [4.78, 5) is 4.50. The molecule has 16 heavy (non-hydrogen) atoms. The van der Waals surface area contributed by atoms with Gasteiger partial charge in [-0.25, -0.2) is 5.84 Å². The summed E-state index contributed by atoms with van der Waals surface area (Å²) in [5, 5.41) is 3.37. The highest BCUT2D eigenvalue weighted by atomic mass is 15.3. The van der Waals surface area contributed by atoms with Crippen LogP contribution in [-0.2, 0) is 0 Å². The summed E-state index contributed by atoms with van der Waals surface area (Å²) >= 11 is 0. The number of nitrogens with two attached hydrogens (primary N) is 1. The Bertz CT molecular complexity index is 219. The van der Waals surface area contributed by atoms with Crippen molar-refractivity contribution in [2.75, 3.05) is 6.54 Å². The summed E-state index contributed by atoms with van der Waals surface area (Å²) in [5.41, 5.74) is 2.66. The van der Waals surface area contributed by atoms with Gasteiger partial charge >= 0.3 is 0 Å². The number of nitrogens with zero attached hydrogens (tertiary/aromatic N) is 1. The summed E-state index contributed by atoms with van der Waals surface area (Å²) in [5.74, 6) is 7.47. The largest absolute Gasteiger partial charge is 0.353 e. The number of hydrazine groups is 1. The fraction of sp³-hybridized carbons (Fsp3) is 0.917. The van der Waals surface area contributed by atoms with E-state index in [9.17, 15) is 0 Å². The lowest BCUT2D eigenvalue weighted by Crippen LogP contribution is -2.45. The molecule has 0 amide bonds. The van der Waals surface area contributed by atoms with Crippen LogP contribution in [0.15, 0.2) is 4.99 Å². The van der Waals surface area contributed by atoms with Gasteiger partial charge in [-0.05, 0) is 24.7 Å². The molecule has 1 aliphatic rings. The summed E-state index contributed by atoms with van der Waals surface area (Å²) < 4.78 is 0. The van der Waals surface area contributed by atoms with Crippen molar-refractivity contribution in [3.05, 3.63) is 0 Å². The molecule has 0 aromatic rings. The molecule has 4 heteroatoms. The minimum Gasteiger partial charge on any atom is -0.353 e. The van der Waals surface area contributed by atoms with Gasteiger partial charge in [-0.2, -0.15) is 0 Å². The van der Waals surface area contributed by atoms with E-state index in [2.05, 4.69) is 36.5 Å². The SMILES string of the molecule is CC(C)C(C)CN=C(NN)NC1CCCC1. The zero-order chi connectivity index (χ0) is 12.0. The second-order valence-electron chi connectivity index (χ2n) is 5.18. The van der Waals surface area contributed by atoms with Crippen molar-refractivity contribution in [3.8, 4) is 0 Å². The van der Waals surface area contributed by atoms with Crippen molar-refractivity contribution in [1.82, 2.24) is 10.7 Å². The first kappa shape index (κ1) is 13.3. The molecule has 0 aromatic heterocycles. The predicted molar refractivity (Wildman–Crippen MR) is 69.0 cm³/mol. The quantitative estimate of drug-likeness (QED) is 0.295. The second-order valence-corrected chi connectivity index (χ2v) is 5.18. The minimum absolute atomic E-state index is 0.559. The predicted octanol–water partition coefficient (Wildman–Crippen LogP) is 1.63. The van der Waals surface area contributed by atoms with Crippen LogP contribution in [0.3, 0.4) is 0 Å². The van der Waals surface area contributed by atoms with Crippen LogP contribution in [0.1, 0.15) is 46.5 Å². The maximum Gasteiger partial charge on any atom is 0.205 e. The van der Waals surface area contributed by atoms with E-state index in [1.54, 1.807) is 0 Å². The first-order chi connectivity index (χ1) is 7.63. The number of rotatable bonds is 4. The lowest BCUT2D eigenvalue weighted by molar-refractivity contribution is 0.429. The molecule has 4 nitrogen and oxygen atoms in total. The molecule has 0 bridgehead atoms. The van der Waals surface area contributed by atoms with Crippen LogP contribution in [0.5, 0.6) is 0 Å². The topological polar surface area (TPSA) is 62.4 Å². The second kappa shape index (κ2) is 6.74. The standard InChI is InChI=1S/C12H26N4/c1-9(2)10(3)8-14-12(16-13)15-11-6-4-5-7-11/h9-11H,4-8,13H2,1-3H3,(H2,14,15,16). The first-order valence-corrected chi connectivity index (χ1v) is 6.41. The van der Waals surface area contributed by atoms with Crippen molar-refractivity contribution in [2.24, 2.45) is 22.7 Å². The van der Waals surface area contributed by atoms with Crippen LogP contribution in [-0.4, -0.2) is 18.5 Å². The molecule has 1 atom stereocenters. The zero-order valence-corrected chi connectivity index (χ0v) is 10.8. The van der Waals surface area contributed by atoms with Crippen molar-refractivity contribution < 1.29 is 0 Å². The van der Waals surface area contributed by atoms with E-state index in [1.807, 2.05) is 0 Å². The average molecular weight is 226 g/mol. The lowest BCUT2D eigenvalue weighted by Gasteiger charge is -2.17. The number of hydrogen-bond acceptors (Lipinski definition) is 2. The first-order valence-electron chi connectivity index (χ1n) is 6.41. The Hall–Kier alpha value is -0.770. The molecule has 1 fully saturated rings. The molecule has 0 saturated heterocycles. The zero-order valence-electron chi connectivity index (χ0n) is 10.8. The van der Waals surface area contributed by atoms with Gasteiger partial charge in [-0.1, -0.05) is 33.6 Å². The van der Waals surface area contributed by atoms with Gasteiger partial charge < -0.3 is 5.32 Å². The van der Waals surface area contributed by atoms with Crippen molar-refractivity contribution >= 4 is 5.96 Å². The number of nitrogens with one attached hydrogen (secondary N) is 2. The fourth-order valence-electron chi connectivity index (χ4n) is 1.84. The van der Waals surface area contributed by atoms with Gasteiger partial charge in [0.1, 0.15) is 0 Å². The van der Waals surface area contributed by atoms with E-state index in [4.69, 9.17) is 5.84 Å². The van der Waals surface area contributed by atoms with Gasteiger partial charge in [0.05, 0.1) is 0 Å². The third-order valence-corrected chi connectivity index (χ3v) is 3.51. The van der Waals surface area contributed by atoms with E-state index in [0.717, 1.165) is 12.5 Å². The van der Waals surface area contributed by atoms with Gasteiger partial charge in [-0.15, -0.1) is 0 Å². The summed E-state index contributed by atoms with van der Waals surface area (Å²) in [6.45, 7) is 7.50. The fourth-order valence-corrected chi connectivity index (χ4v) is 1.84. The Morgan fingerprint density at radius 3 is 2.44 bits per heavy atom. The maximum atomic E-state index is 5.47. The van der Waals surface area contributed by atoms with Crippen LogP contribution in [0.2, 0.25) is 0 Å². The molecule has 1 aliphatic carbocycles. The Morgan fingerprint density at radius 2 is 1.94 bits per heavy atom. The van der Waals surface area contributed by atoms with E-state index in [-0.39, 0.29) is 0 Å². The van der Waals surface area contributed by atoms with Crippen molar-refractivity contribution in [1.29, 1.82) is 0 Å². The third-order valence-electron chi connectivity index (χ3n) is 3.51. The van der Waals surface area contributed by atoms with Gasteiger partial charge in [0.25, 0.3) is 0 Å².